The summed E-state index contributed by atoms with van der Waals surface area (Å²) in [5.41, 5.74) is 0.216. The molecule has 0 N–H and O–H groups in total. The lowest BCUT2D eigenvalue weighted by Gasteiger charge is -2.23. The number of benzene rings is 2. The molecule has 21 heavy (non-hydrogen) atoms. The first-order chi connectivity index (χ1) is 9.86. The van der Waals surface area contributed by atoms with Crippen molar-refractivity contribution in [3.63, 3.8) is 0 Å². The van der Waals surface area contributed by atoms with Gasteiger partial charge in [0.2, 0.25) is 0 Å². The number of halogens is 3. The Morgan fingerprint density at radius 3 is 2.33 bits per heavy atom. The van der Waals surface area contributed by atoms with E-state index in [0.29, 0.717) is 0 Å². The predicted octanol–water partition coefficient (Wildman–Crippen LogP) is 3.94. The molecule has 2 rings (SSSR count). The molecule has 3 nitrogen and oxygen atoms in total. The number of rotatable bonds is 4. The van der Waals surface area contributed by atoms with E-state index in [2.05, 4.69) is 15.9 Å². The van der Waals surface area contributed by atoms with Crippen molar-refractivity contribution in [2.24, 2.45) is 0 Å². The van der Waals surface area contributed by atoms with Gasteiger partial charge in [-0.3, -0.25) is 4.31 Å². The summed E-state index contributed by atoms with van der Waals surface area (Å²) in [5.74, 6) is -1.08. The summed E-state index contributed by atoms with van der Waals surface area (Å²) in [7, 11) is -3.92. The van der Waals surface area contributed by atoms with Crippen LogP contribution in [-0.4, -0.2) is 15.0 Å². The minimum Gasteiger partial charge on any atom is -0.266 e. The maximum absolute atomic E-state index is 13.3. The Morgan fingerprint density at radius 2 is 1.76 bits per heavy atom. The van der Waals surface area contributed by atoms with Gasteiger partial charge in [0.25, 0.3) is 10.0 Å². The van der Waals surface area contributed by atoms with E-state index in [9.17, 15) is 17.2 Å². The van der Waals surface area contributed by atoms with Gasteiger partial charge in [-0.15, -0.1) is 0 Å². The van der Waals surface area contributed by atoms with Crippen LogP contribution in [0.1, 0.15) is 6.92 Å². The van der Waals surface area contributed by atoms with Crippen molar-refractivity contribution in [2.45, 2.75) is 11.8 Å². The second-order valence-electron chi connectivity index (χ2n) is 4.22. The summed E-state index contributed by atoms with van der Waals surface area (Å²) in [6, 6.07) is 8.63. The fourth-order valence-electron chi connectivity index (χ4n) is 1.93. The second-order valence-corrected chi connectivity index (χ2v) is 6.91. The predicted molar refractivity (Wildman–Crippen MR) is 80.7 cm³/mol. The van der Waals surface area contributed by atoms with E-state index < -0.39 is 21.7 Å². The van der Waals surface area contributed by atoms with Crippen molar-refractivity contribution in [1.82, 2.24) is 0 Å². The maximum atomic E-state index is 13.3. The molecule has 0 radical (unpaired) electrons. The molecule has 0 heterocycles. The summed E-state index contributed by atoms with van der Waals surface area (Å²) in [6.45, 7) is 1.76. The molecule has 7 heteroatoms. The minimum absolute atomic E-state index is 0.0741. The third-order valence-corrected chi connectivity index (χ3v) is 5.73. The number of hydrogen-bond donors (Lipinski definition) is 0. The summed E-state index contributed by atoms with van der Waals surface area (Å²) >= 11 is 3.05. The highest BCUT2D eigenvalue weighted by atomic mass is 79.9. The van der Waals surface area contributed by atoms with E-state index in [1.807, 2.05) is 0 Å². The highest BCUT2D eigenvalue weighted by molar-refractivity contribution is 9.10. The molecule has 0 aliphatic rings. The van der Waals surface area contributed by atoms with Crippen LogP contribution >= 0.6 is 15.9 Å². The zero-order valence-electron chi connectivity index (χ0n) is 11.1. The molecule has 0 bridgehead atoms. The van der Waals surface area contributed by atoms with Gasteiger partial charge < -0.3 is 0 Å². The fourth-order valence-corrected chi connectivity index (χ4v) is 4.40. The topological polar surface area (TPSA) is 37.4 Å². The molecule has 0 saturated carbocycles. The van der Waals surface area contributed by atoms with Crippen molar-refractivity contribution < 1.29 is 17.2 Å². The normalized spacial score (nSPS) is 11.4. The van der Waals surface area contributed by atoms with Gasteiger partial charge in [0, 0.05) is 11.0 Å². The Labute approximate surface area is 130 Å². The van der Waals surface area contributed by atoms with Crippen LogP contribution in [0.15, 0.2) is 51.8 Å². The zero-order chi connectivity index (χ0) is 15.6. The average molecular weight is 376 g/mol. The molecular formula is C14H12BrF2NO2S. The molecular weight excluding hydrogens is 364 g/mol. The Balaban J connectivity index is 2.54. The molecule has 0 amide bonds. The molecule has 0 aromatic heterocycles. The van der Waals surface area contributed by atoms with Crippen molar-refractivity contribution in [3.8, 4) is 0 Å². The fraction of sp³-hybridized carbons (Fsp3) is 0.143. The molecule has 0 unspecified atom stereocenters. The summed E-state index contributed by atoms with van der Waals surface area (Å²) in [5, 5.41) is 0. The standard InChI is InChI=1S/C14H12BrF2NO2S/c1-2-18(12-5-3-4-10(16)8-12)21(19,20)14-7-6-11(17)9-13(14)15/h3-9H,2H2,1H3. The number of hydrogen-bond acceptors (Lipinski definition) is 2. The molecule has 0 spiro atoms. The van der Waals surface area contributed by atoms with Crippen LogP contribution in [-0.2, 0) is 10.0 Å². The van der Waals surface area contributed by atoms with Gasteiger partial charge in [0.1, 0.15) is 16.5 Å². The van der Waals surface area contributed by atoms with E-state index in [1.165, 1.54) is 24.3 Å². The van der Waals surface area contributed by atoms with Crippen LogP contribution in [0.2, 0.25) is 0 Å². The van der Waals surface area contributed by atoms with Crippen LogP contribution in [0.25, 0.3) is 0 Å². The van der Waals surface area contributed by atoms with E-state index >= 15 is 0 Å². The lowest BCUT2D eigenvalue weighted by atomic mass is 10.3. The van der Waals surface area contributed by atoms with Crippen LogP contribution in [0, 0.1) is 11.6 Å². The monoisotopic (exact) mass is 375 g/mol. The quantitative estimate of drug-likeness (QED) is 0.811. The van der Waals surface area contributed by atoms with E-state index in [-0.39, 0.29) is 21.6 Å². The van der Waals surface area contributed by atoms with Crippen molar-refractivity contribution in [3.05, 3.63) is 58.6 Å². The highest BCUT2D eigenvalue weighted by Crippen LogP contribution is 2.29. The van der Waals surface area contributed by atoms with Crippen LogP contribution in [0.3, 0.4) is 0 Å². The van der Waals surface area contributed by atoms with E-state index in [4.69, 9.17) is 0 Å². The molecule has 112 valence electrons. The first kappa shape index (κ1) is 15.9. The second kappa shape index (κ2) is 6.11. The van der Waals surface area contributed by atoms with Gasteiger partial charge in [-0.2, -0.15) is 0 Å². The molecule has 0 fully saturated rings. The first-order valence-electron chi connectivity index (χ1n) is 6.09. The van der Waals surface area contributed by atoms with Crippen LogP contribution in [0.4, 0.5) is 14.5 Å². The lowest BCUT2D eigenvalue weighted by Crippen LogP contribution is -2.31. The molecule has 2 aromatic carbocycles. The van der Waals surface area contributed by atoms with Crippen LogP contribution in [0.5, 0.6) is 0 Å². The molecule has 0 aliphatic carbocycles. The number of anilines is 1. The van der Waals surface area contributed by atoms with Crippen molar-refractivity contribution >= 4 is 31.6 Å². The Bertz CT molecular complexity index is 765. The highest BCUT2D eigenvalue weighted by Gasteiger charge is 2.26. The maximum Gasteiger partial charge on any atom is 0.265 e. The smallest absolute Gasteiger partial charge is 0.265 e. The van der Waals surface area contributed by atoms with E-state index in [0.717, 1.165) is 22.5 Å². The van der Waals surface area contributed by atoms with Crippen LogP contribution < -0.4 is 4.31 Å². The number of sulfonamides is 1. The lowest BCUT2D eigenvalue weighted by molar-refractivity contribution is 0.589. The van der Waals surface area contributed by atoms with Gasteiger partial charge in [0.05, 0.1) is 5.69 Å². The van der Waals surface area contributed by atoms with Gasteiger partial charge in [-0.25, -0.2) is 17.2 Å². The third-order valence-electron chi connectivity index (χ3n) is 2.85. The summed E-state index contributed by atoms with van der Waals surface area (Å²) in [6.07, 6.45) is 0. The average Bonchev–Trinajstić information content (AvgIpc) is 2.38. The van der Waals surface area contributed by atoms with Crippen molar-refractivity contribution in [2.75, 3.05) is 10.8 Å². The summed E-state index contributed by atoms with van der Waals surface area (Å²) < 4.78 is 52.9. The van der Waals surface area contributed by atoms with Crippen molar-refractivity contribution in [1.29, 1.82) is 0 Å². The van der Waals surface area contributed by atoms with E-state index in [1.54, 1.807) is 6.92 Å². The Morgan fingerprint density at radius 1 is 1.10 bits per heavy atom. The summed E-state index contributed by atoms with van der Waals surface area (Å²) in [4.78, 5) is -0.0741. The minimum atomic E-state index is -3.92. The largest absolute Gasteiger partial charge is 0.266 e. The zero-order valence-corrected chi connectivity index (χ0v) is 13.5. The Hall–Kier alpha value is -1.47. The van der Waals surface area contributed by atoms with Gasteiger partial charge in [-0.1, -0.05) is 6.07 Å². The number of nitrogens with zero attached hydrogens (tertiary/aromatic N) is 1. The Kier molecular flexibility index (Phi) is 4.63. The third kappa shape index (κ3) is 3.24. The molecule has 0 atom stereocenters. The molecule has 2 aromatic rings. The first-order valence-corrected chi connectivity index (χ1v) is 8.33. The van der Waals surface area contributed by atoms with Gasteiger partial charge in [-0.05, 0) is 59.3 Å². The SMILES string of the molecule is CCN(c1cccc(F)c1)S(=O)(=O)c1ccc(F)cc1Br. The van der Waals surface area contributed by atoms with Gasteiger partial charge >= 0.3 is 0 Å². The molecule has 0 saturated heterocycles. The van der Waals surface area contributed by atoms with Gasteiger partial charge in [0.15, 0.2) is 0 Å². The molecule has 0 aliphatic heterocycles.